The third kappa shape index (κ3) is 4.06. The fraction of sp³-hybridized carbons (Fsp3) is 0.136. The molecule has 0 fully saturated rings. The summed E-state index contributed by atoms with van der Waals surface area (Å²) in [6, 6.07) is 11.8. The minimum absolute atomic E-state index is 0.121. The number of carbonyl (C=O) groups is 2. The van der Waals surface area contributed by atoms with Crippen molar-refractivity contribution in [1.82, 2.24) is 29.7 Å². The molecule has 0 unspecified atom stereocenters. The lowest BCUT2D eigenvalue weighted by atomic mass is 9.96. The lowest BCUT2D eigenvalue weighted by Crippen LogP contribution is -2.19. The molecular formula is C22H20N8O2. The molecule has 10 heteroatoms. The van der Waals surface area contributed by atoms with Gasteiger partial charge in [0.25, 0.3) is 5.91 Å². The Labute approximate surface area is 183 Å². The second-order valence-corrected chi connectivity index (χ2v) is 7.18. The summed E-state index contributed by atoms with van der Waals surface area (Å²) in [6.07, 6.45) is 4.66. The summed E-state index contributed by atoms with van der Waals surface area (Å²) in [5.74, 6) is -0.461. The van der Waals surface area contributed by atoms with E-state index < -0.39 is 11.8 Å². The van der Waals surface area contributed by atoms with Gasteiger partial charge in [-0.05, 0) is 44.2 Å². The van der Waals surface area contributed by atoms with Gasteiger partial charge in [0.2, 0.25) is 11.9 Å². The van der Waals surface area contributed by atoms with Gasteiger partial charge >= 0.3 is 0 Å². The maximum Gasteiger partial charge on any atom is 0.258 e. The number of hydrogen-bond acceptors (Lipinski definition) is 7. The number of primary amides is 1. The van der Waals surface area contributed by atoms with Crippen LogP contribution in [0.3, 0.4) is 0 Å². The van der Waals surface area contributed by atoms with Crippen molar-refractivity contribution in [1.29, 1.82) is 0 Å². The van der Waals surface area contributed by atoms with Gasteiger partial charge < -0.3 is 10.3 Å². The van der Waals surface area contributed by atoms with E-state index in [1.165, 1.54) is 12.4 Å². The Kier molecular flexibility index (Phi) is 5.67. The maximum absolute atomic E-state index is 13.0. The second kappa shape index (κ2) is 8.72. The molecule has 0 aliphatic rings. The van der Waals surface area contributed by atoms with E-state index in [1.54, 1.807) is 48.8 Å². The van der Waals surface area contributed by atoms with Crippen molar-refractivity contribution < 1.29 is 9.59 Å². The lowest BCUT2D eigenvalue weighted by Gasteiger charge is -2.14. The van der Waals surface area contributed by atoms with Crippen molar-refractivity contribution in [3.8, 4) is 22.8 Å². The average Bonchev–Trinajstić information content (AvgIpc) is 3.30. The predicted molar refractivity (Wildman–Crippen MR) is 118 cm³/mol. The van der Waals surface area contributed by atoms with E-state index >= 15 is 0 Å². The molecular weight excluding hydrogens is 408 g/mol. The number of anilines is 1. The summed E-state index contributed by atoms with van der Waals surface area (Å²) in [4.78, 5) is 37.9. The fourth-order valence-corrected chi connectivity index (χ4v) is 3.26. The first-order valence-electron chi connectivity index (χ1n) is 9.84. The van der Waals surface area contributed by atoms with Crippen LogP contribution in [0.1, 0.15) is 40.6 Å². The highest BCUT2D eigenvalue weighted by Gasteiger charge is 2.22. The molecule has 0 atom stereocenters. The number of carbonyl (C=O) groups excluding carboxylic acids is 2. The molecule has 0 saturated heterocycles. The highest BCUT2D eigenvalue weighted by Crippen LogP contribution is 2.29. The van der Waals surface area contributed by atoms with Crippen LogP contribution in [0.5, 0.6) is 0 Å². The van der Waals surface area contributed by atoms with Gasteiger partial charge in [-0.1, -0.05) is 12.1 Å². The number of nitrogens with one attached hydrogen (secondary N) is 1. The van der Waals surface area contributed by atoms with Gasteiger partial charge in [-0.2, -0.15) is 0 Å². The maximum atomic E-state index is 13.0. The standard InChI is InChI=1S/C22H20N8O2/c1-13(2)30-12-26-29-20(30)17-9-4-8-16(27-17)18-14(19(23)31)6-3-7-15(18)21(32)28-22-24-10-5-11-25-22/h3-13H,1-2H3,(H2,23,31)(H,24,25,28,32). The minimum atomic E-state index is -0.678. The Hall–Kier alpha value is -4.47. The van der Waals surface area contributed by atoms with E-state index in [2.05, 4.69) is 30.5 Å². The summed E-state index contributed by atoms with van der Waals surface area (Å²) in [5, 5.41) is 10.8. The quantitative estimate of drug-likeness (QED) is 0.481. The molecule has 3 aromatic heterocycles. The van der Waals surface area contributed by atoms with Gasteiger partial charge in [-0.15, -0.1) is 10.2 Å². The number of rotatable bonds is 6. The summed E-state index contributed by atoms with van der Waals surface area (Å²) in [6.45, 7) is 4.01. The van der Waals surface area contributed by atoms with Gasteiger partial charge in [0.05, 0.1) is 5.69 Å². The molecule has 2 amide bonds. The van der Waals surface area contributed by atoms with Crippen LogP contribution in [0.2, 0.25) is 0 Å². The van der Waals surface area contributed by atoms with Crippen molar-refractivity contribution in [2.45, 2.75) is 19.9 Å². The molecule has 160 valence electrons. The second-order valence-electron chi connectivity index (χ2n) is 7.18. The molecule has 4 rings (SSSR count). The molecule has 3 heterocycles. The predicted octanol–water partition coefficient (Wildman–Crippen LogP) is 2.73. The van der Waals surface area contributed by atoms with Crippen LogP contribution in [0.15, 0.2) is 61.2 Å². The van der Waals surface area contributed by atoms with Crippen LogP contribution in [0.25, 0.3) is 22.8 Å². The SMILES string of the molecule is CC(C)n1cnnc1-c1cccc(-c2c(C(N)=O)cccc2C(=O)Nc2ncccn2)n1. The molecule has 10 nitrogen and oxygen atoms in total. The Morgan fingerprint density at radius 1 is 0.969 bits per heavy atom. The Bertz CT molecular complexity index is 1280. The van der Waals surface area contributed by atoms with Crippen molar-refractivity contribution >= 4 is 17.8 Å². The van der Waals surface area contributed by atoms with E-state index in [1.807, 2.05) is 18.4 Å². The summed E-state index contributed by atoms with van der Waals surface area (Å²) in [5.41, 5.74) is 7.26. The zero-order valence-electron chi connectivity index (χ0n) is 17.4. The number of benzene rings is 1. The number of amides is 2. The summed E-state index contributed by atoms with van der Waals surface area (Å²) >= 11 is 0. The molecule has 32 heavy (non-hydrogen) atoms. The minimum Gasteiger partial charge on any atom is -0.366 e. The number of aromatic nitrogens is 6. The highest BCUT2D eigenvalue weighted by atomic mass is 16.2. The largest absolute Gasteiger partial charge is 0.366 e. The van der Waals surface area contributed by atoms with Crippen LogP contribution in [-0.4, -0.2) is 41.5 Å². The summed E-state index contributed by atoms with van der Waals surface area (Å²) in [7, 11) is 0. The van der Waals surface area contributed by atoms with Crippen molar-refractivity contribution in [2.75, 3.05) is 5.32 Å². The van der Waals surface area contributed by atoms with E-state index in [9.17, 15) is 9.59 Å². The lowest BCUT2D eigenvalue weighted by molar-refractivity contribution is 0.100. The first-order chi connectivity index (χ1) is 15.5. The van der Waals surface area contributed by atoms with Gasteiger partial charge in [-0.3, -0.25) is 14.9 Å². The molecule has 1 aromatic carbocycles. The highest BCUT2D eigenvalue weighted by molar-refractivity contribution is 6.12. The van der Waals surface area contributed by atoms with E-state index in [0.717, 1.165) is 0 Å². The molecule has 4 aromatic rings. The molecule has 0 aliphatic carbocycles. The molecule has 3 N–H and O–H groups in total. The van der Waals surface area contributed by atoms with Gasteiger partial charge in [0.15, 0.2) is 5.82 Å². The molecule has 0 bridgehead atoms. The van der Waals surface area contributed by atoms with Crippen molar-refractivity contribution in [2.24, 2.45) is 5.73 Å². The fourth-order valence-electron chi connectivity index (χ4n) is 3.26. The smallest absolute Gasteiger partial charge is 0.258 e. The van der Waals surface area contributed by atoms with Crippen LogP contribution >= 0.6 is 0 Å². The number of hydrogen-bond donors (Lipinski definition) is 2. The third-order valence-corrected chi connectivity index (χ3v) is 4.73. The third-order valence-electron chi connectivity index (χ3n) is 4.73. The van der Waals surface area contributed by atoms with Crippen molar-refractivity contribution in [3.05, 3.63) is 72.3 Å². The van der Waals surface area contributed by atoms with Crippen LogP contribution in [-0.2, 0) is 0 Å². The van der Waals surface area contributed by atoms with Crippen LogP contribution < -0.4 is 11.1 Å². The first-order valence-corrected chi connectivity index (χ1v) is 9.84. The van der Waals surface area contributed by atoms with E-state index in [-0.39, 0.29) is 23.1 Å². The molecule has 0 spiro atoms. The molecule has 0 saturated carbocycles. The zero-order chi connectivity index (χ0) is 22.7. The molecule has 0 radical (unpaired) electrons. The first kappa shape index (κ1) is 20.8. The van der Waals surface area contributed by atoms with Gasteiger partial charge in [0.1, 0.15) is 12.0 Å². The average molecular weight is 428 g/mol. The van der Waals surface area contributed by atoms with Crippen LogP contribution in [0.4, 0.5) is 5.95 Å². The number of nitrogens with two attached hydrogens (primary N) is 1. The topological polar surface area (TPSA) is 142 Å². The Morgan fingerprint density at radius 3 is 2.38 bits per heavy atom. The Morgan fingerprint density at radius 2 is 1.66 bits per heavy atom. The van der Waals surface area contributed by atoms with Gasteiger partial charge in [0, 0.05) is 35.1 Å². The van der Waals surface area contributed by atoms with E-state index in [4.69, 9.17) is 5.73 Å². The summed E-state index contributed by atoms with van der Waals surface area (Å²) < 4.78 is 1.88. The normalized spacial score (nSPS) is 10.8. The van der Waals surface area contributed by atoms with Crippen LogP contribution in [0, 0.1) is 0 Å². The number of nitrogens with zero attached hydrogens (tertiary/aromatic N) is 6. The van der Waals surface area contributed by atoms with Crippen molar-refractivity contribution in [3.63, 3.8) is 0 Å². The number of pyridine rings is 1. The van der Waals surface area contributed by atoms with Gasteiger partial charge in [-0.25, -0.2) is 15.0 Å². The Balaban J connectivity index is 1.83. The molecule has 0 aliphatic heterocycles. The van der Waals surface area contributed by atoms with E-state index in [0.29, 0.717) is 22.8 Å². The zero-order valence-corrected chi connectivity index (χ0v) is 17.4. The monoisotopic (exact) mass is 428 g/mol.